The number of carbonyl (C=O) groups excluding carboxylic acids is 1. The molecule has 0 aliphatic rings. The van der Waals surface area contributed by atoms with Gasteiger partial charge in [-0.3, -0.25) is 4.79 Å². The average molecular weight is 307 g/mol. The van der Waals surface area contributed by atoms with E-state index < -0.39 is 5.82 Å². The number of para-hydroxylation sites is 1. The van der Waals surface area contributed by atoms with Crippen LogP contribution in [0.15, 0.2) is 36.4 Å². The van der Waals surface area contributed by atoms with Gasteiger partial charge in [-0.15, -0.1) is 0 Å². The van der Waals surface area contributed by atoms with Gasteiger partial charge in [-0.1, -0.05) is 23.7 Å². The van der Waals surface area contributed by atoms with E-state index in [0.717, 1.165) is 5.56 Å². The Kier molecular flexibility index (Phi) is 4.81. The minimum Gasteiger partial charge on any atom is -0.382 e. The van der Waals surface area contributed by atoms with Crippen LogP contribution in [-0.2, 0) is 0 Å². The molecule has 0 atom stereocenters. The molecule has 1 amide bonds. The van der Waals surface area contributed by atoms with Crippen LogP contribution in [0.2, 0.25) is 5.02 Å². The lowest BCUT2D eigenvalue weighted by Gasteiger charge is -2.13. The van der Waals surface area contributed by atoms with E-state index in [-0.39, 0.29) is 17.2 Å². The van der Waals surface area contributed by atoms with E-state index in [1.807, 2.05) is 19.9 Å². The highest BCUT2D eigenvalue weighted by atomic mass is 35.5. The summed E-state index contributed by atoms with van der Waals surface area (Å²) < 4.78 is 13.8. The van der Waals surface area contributed by atoms with Crippen molar-refractivity contribution in [3.63, 3.8) is 0 Å². The highest BCUT2D eigenvalue weighted by Crippen LogP contribution is 2.24. The Morgan fingerprint density at radius 2 is 2.05 bits per heavy atom. The lowest BCUT2D eigenvalue weighted by Crippen LogP contribution is -2.16. The first-order valence-corrected chi connectivity index (χ1v) is 7.00. The highest BCUT2D eigenvalue weighted by molar-refractivity contribution is 6.31. The second-order valence-electron chi connectivity index (χ2n) is 4.61. The van der Waals surface area contributed by atoms with Crippen LogP contribution >= 0.6 is 11.6 Å². The predicted octanol–water partition coefficient (Wildman–Crippen LogP) is 4.47. The molecule has 2 rings (SSSR count). The van der Waals surface area contributed by atoms with Crippen molar-refractivity contribution < 1.29 is 9.18 Å². The summed E-state index contributed by atoms with van der Waals surface area (Å²) >= 11 is 5.93. The van der Waals surface area contributed by atoms with E-state index in [1.54, 1.807) is 18.2 Å². The summed E-state index contributed by atoms with van der Waals surface area (Å²) in [6.07, 6.45) is 0. The second kappa shape index (κ2) is 6.59. The maximum atomic E-state index is 13.8. The lowest BCUT2D eigenvalue weighted by atomic mass is 10.1. The molecule has 0 spiro atoms. The molecule has 0 aliphatic carbocycles. The third-order valence-electron chi connectivity index (χ3n) is 3.06. The molecule has 110 valence electrons. The first-order valence-electron chi connectivity index (χ1n) is 6.62. The van der Waals surface area contributed by atoms with E-state index in [2.05, 4.69) is 10.6 Å². The minimum absolute atomic E-state index is 0.206. The monoisotopic (exact) mass is 306 g/mol. The van der Waals surface area contributed by atoms with E-state index in [4.69, 9.17) is 11.6 Å². The molecular formula is C16H16ClFN2O. The van der Waals surface area contributed by atoms with Crippen molar-refractivity contribution in [2.45, 2.75) is 13.8 Å². The molecule has 0 fully saturated rings. The van der Waals surface area contributed by atoms with Gasteiger partial charge in [-0.2, -0.15) is 0 Å². The smallest absolute Gasteiger partial charge is 0.257 e. The normalized spacial score (nSPS) is 10.3. The molecule has 0 aromatic heterocycles. The van der Waals surface area contributed by atoms with E-state index in [1.165, 1.54) is 12.1 Å². The van der Waals surface area contributed by atoms with Crippen molar-refractivity contribution in [1.29, 1.82) is 0 Å². The molecule has 21 heavy (non-hydrogen) atoms. The quantitative estimate of drug-likeness (QED) is 0.875. The Bertz CT molecular complexity index is 673. The van der Waals surface area contributed by atoms with Gasteiger partial charge in [0.05, 0.1) is 11.3 Å². The molecule has 2 aromatic rings. The first kappa shape index (κ1) is 15.3. The highest BCUT2D eigenvalue weighted by Gasteiger charge is 2.15. The molecule has 0 saturated carbocycles. The van der Waals surface area contributed by atoms with E-state index >= 15 is 0 Å². The number of carbonyl (C=O) groups is 1. The molecule has 3 nitrogen and oxygen atoms in total. The predicted molar refractivity (Wildman–Crippen MR) is 84.7 cm³/mol. The SMILES string of the molecule is CCNc1c(F)cccc1C(=O)Nc1cc(Cl)ccc1C. The molecule has 0 unspecified atom stereocenters. The fraction of sp³-hybridized carbons (Fsp3) is 0.188. The van der Waals surface area contributed by atoms with Crippen molar-refractivity contribution in [2.24, 2.45) is 0 Å². The number of benzene rings is 2. The number of anilines is 2. The molecule has 5 heteroatoms. The third-order valence-corrected chi connectivity index (χ3v) is 3.29. The fourth-order valence-corrected chi connectivity index (χ4v) is 2.16. The van der Waals surface area contributed by atoms with Gasteiger partial charge in [0.1, 0.15) is 5.82 Å². The zero-order chi connectivity index (χ0) is 15.4. The summed E-state index contributed by atoms with van der Waals surface area (Å²) in [5.41, 5.74) is 1.96. The van der Waals surface area contributed by atoms with Crippen LogP contribution in [0.25, 0.3) is 0 Å². The topological polar surface area (TPSA) is 41.1 Å². The van der Waals surface area contributed by atoms with Crippen molar-refractivity contribution in [3.05, 3.63) is 58.4 Å². The third kappa shape index (κ3) is 3.52. The van der Waals surface area contributed by atoms with Gasteiger partial charge in [0, 0.05) is 17.3 Å². The van der Waals surface area contributed by atoms with Crippen LogP contribution in [0.5, 0.6) is 0 Å². The summed E-state index contributed by atoms with van der Waals surface area (Å²) in [6, 6.07) is 9.64. The van der Waals surface area contributed by atoms with Crippen molar-refractivity contribution in [1.82, 2.24) is 0 Å². The number of aryl methyl sites for hydroxylation is 1. The minimum atomic E-state index is -0.452. The number of hydrogen-bond donors (Lipinski definition) is 2. The van der Waals surface area contributed by atoms with Gasteiger partial charge < -0.3 is 10.6 Å². The number of hydrogen-bond acceptors (Lipinski definition) is 2. The Labute approximate surface area is 128 Å². The second-order valence-corrected chi connectivity index (χ2v) is 5.04. The molecule has 2 aromatic carbocycles. The van der Waals surface area contributed by atoms with Gasteiger partial charge in [0.2, 0.25) is 0 Å². The molecule has 0 bridgehead atoms. The van der Waals surface area contributed by atoms with Crippen LogP contribution in [0, 0.1) is 12.7 Å². The number of amides is 1. The van der Waals surface area contributed by atoms with Crippen LogP contribution in [0.1, 0.15) is 22.8 Å². The number of rotatable bonds is 4. The summed E-state index contributed by atoms with van der Waals surface area (Å²) in [6.45, 7) is 4.23. The number of halogens is 2. The maximum Gasteiger partial charge on any atom is 0.257 e. The van der Waals surface area contributed by atoms with Crippen molar-refractivity contribution >= 4 is 28.9 Å². The van der Waals surface area contributed by atoms with Crippen LogP contribution in [0.3, 0.4) is 0 Å². The molecule has 0 radical (unpaired) electrons. The summed E-state index contributed by atoms with van der Waals surface area (Å²) in [5, 5.41) is 6.17. The fourth-order valence-electron chi connectivity index (χ4n) is 1.99. The summed E-state index contributed by atoms with van der Waals surface area (Å²) in [5.74, 6) is -0.830. The summed E-state index contributed by atoms with van der Waals surface area (Å²) in [7, 11) is 0. The maximum absolute atomic E-state index is 13.8. The van der Waals surface area contributed by atoms with Gasteiger partial charge in [0.25, 0.3) is 5.91 Å². The Morgan fingerprint density at radius 1 is 1.29 bits per heavy atom. The molecule has 0 saturated heterocycles. The molecule has 2 N–H and O–H groups in total. The lowest BCUT2D eigenvalue weighted by molar-refractivity contribution is 0.102. The zero-order valence-corrected chi connectivity index (χ0v) is 12.6. The zero-order valence-electron chi connectivity index (χ0n) is 11.8. The van der Waals surface area contributed by atoms with Crippen LogP contribution in [0.4, 0.5) is 15.8 Å². The van der Waals surface area contributed by atoms with Crippen LogP contribution in [-0.4, -0.2) is 12.5 Å². The van der Waals surface area contributed by atoms with Crippen molar-refractivity contribution in [2.75, 3.05) is 17.2 Å². The number of nitrogens with one attached hydrogen (secondary N) is 2. The van der Waals surface area contributed by atoms with Gasteiger partial charge >= 0.3 is 0 Å². The molecule has 0 aliphatic heterocycles. The summed E-state index contributed by atoms with van der Waals surface area (Å²) in [4.78, 5) is 12.4. The van der Waals surface area contributed by atoms with Crippen LogP contribution < -0.4 is 10.6 Å². The molecular weight excluding hydrogens is 291 g/mol. The van der Waals surface area contributed by atoms with Gasteiger partial charge in [-0.05, 0) is 43.7 Å². The Balaban J connectivity index is 2.32. The average Bonchev–Trinajstić information content (AvgIpc) is 2.45. The van der Waals surface area contributed by atoms with E-state index in [9.17, 15) is 9.18 Å². The largest absolute Gasteiger partial charge is 0.382 e. The Hall–Kier alpha value is -2.07. The van der Waals surface area contributed by atoms with E-state index in [0.29, 0.717) is 17.3 Å². The Morgan fingerprint density at radius 3 is 2.76 bits per heavy atom. The van der Waals surface area contributed by atoms with Gasteiger partial charge in [0.15, 0.2) is 0 Å². The van der Waals surface area contributed by atoms with Crippen molar-refractivity contribution in [3.8, 4) is 0 Å². The first-order chi connectivity index (χ1) is 10.0. The molecule has 0 heterocycles. The van der Waals surface area contributed by atoms with Gasteiger partial charge in [-0.25, -0.2) is 4.39 Å². The standard InChI is InChI=1S/C16H16ClFN2O/c1-3-19-15-12(5-4-6-13(15)18)16(21)20-14-9-11(17)8-7-10(14)2/h4-9,19H,3H2,1-2H3,(H,20,21).